The highest BCUT2D eigenvalue weighted by Crippen LogP contribution is 2.47. The monoisotopic (exact) mass is 235 g/mol. The minimum atomic E-state index is -0.372. The van der Waals surface area contributed by atoms with Crippen LogP contribution in [0.2, 0.25) is 0 Å². The van der Waals surface area contributed by atoms with E-state index in [4.69, 9.17) is 5.73 Å². The molecule has 1 aliphatic carbocycles. The Hall–Kier alpha value is -0.890. The van der Waals surface area contributed by atoms with E-state index in [0.717, 1.165) is 18.4 Å². The van der Waals surface area contributed by atoms with Crippen molar-refractivity contribution in [3.8, 4) is 0 Å². The number of hydrogen-bond donors (Lipinski definition) is 1. The van der Waals surface area contributed by atoms with Gasteiger partial charge in [-0.3, -0.25) is 0 Å². The lowest BCUT2D eigenvalue weighted by Gasteiger charge is -2.46. The molecule has 1 fully saturated rings. The topological polar surface area (TPSA) is 26.0 Å². The summed E-state index contributed by atoms with van der Waals surface area (Å²) in [6, 6.07) is 6.78. The number of hydrogen-bond acceptors (Lipinski definition) is 1. The van der Waals surface area contributed by atoms with Gasteiger partial charge in [-0.25, -0.2) is 4.39 Å². The van der Waals surface area contributed by atoms with Crippen LogP contribution in [0.4, 0.5) is 4.39 Å². The Bertz CT molecular complexity index is 413. The van der Waals surface area contributed by atoms with E-state index in [2.05, 4.69) is 20.8 Å². The second-order valence-corrected chi connectivity index (χ2v) is 6.52. The van der Waals surface area contributed by atoms with E-state index < -0.39 is 0 Å². The molecule has 2 heteroatoms. The van der Waals surface area contributed by atoms with Crippen molar-refractivity contribution in [2.75, 3.05) is 0 Å². The summed E-state index contributed by atoms with van der Waals surface area (Å²) in [5.74, 6) is 0.398. The smallest absolute Gasteiger partial charge is 0.123 e. The summed E-state index contributed by atoms with van der Waals surface area (Å²) in [4.78, 5) is 0. The van der Waals surface area contributed by atoms with Crippen LogP contribution in [0.1, 0.15) is 45.6 Å². The molecule has 0 radical (unpaired) electrons. The largest absolute Gasteiger partial charge is 0.321 e. The van der Waals surface area contributed by atoms with Crippen molar-refractivity contribution < 1.29 is 4.39 Å². The van der Waals surface area contributed by atoms with E-state index >= 15 is 0 Å². The molecule has 0 aliphatic heterocycles. The van der Waals surface area contributed by atoms with E-state index in [1.54, 1.807) is 12.1 Å². The zero-order chi connectivity index (χ0) is 12.7. The van der Waals surface area contributed by atoms with Gasteiger partial charge in [-0.05, 0) is 48.3 Å². The van der Waals surface area contributed by atoms with Crippen LogP contribution in [-0.2, 0) is 5.54 Å². The fraction of sp³-hybridized carbons (Fsp3) is 0.600. The standard InChI is InChI=1S/C15H22FN/c1-11-8-14(2,3)10-15(17,9-11)12-5-4-6-13(16)7-12/h4-7,11H,8-10,17H2,1-3H3. The molecule has 1 saturated carbocycles. The maximum absolute atomic E-state index is 13.3. The average Bonchev–Trinajstić information content (AvgIpc) is 2.13. The van der Waals surface area contributed by atoms with Crippen LogP contribution in [0, 0.1) is 17.2 Å². The van der Waals surface area contributed by atoms with E-state index in [0.29, 0.717) is 5.92 Å². The molecule has 1 aliphatic rings. The van der Waals surface area contributed by atoms with Gasteiger partial charge in [0.1, 0.15) is 5.82 Å². The Kier molecular flexibility index (Phi) is 3.03. The summed E-state index contributed by atoms with van der Waals surface area (Å²) < 4.78 is 13.3. The first-order valence-electron chi connectivity index (χ1n) is 6.36. The van der Waals surface area contributed by atoms with Crippen molar-refractivity contribution in [3.63, 3.8) is 0 Å². The number of halogens is 1. The van der Waals surface area contributed by atoms with Crippen molar-refractivity contribution in [1.29, 1.82) is 0 Å². The zero-order valence-corrected chi connectivity index (χ0v) is 11.0. The van der Waals surface area contributed by atoms with Gasteiger partial charge in [-0.15, -0.1) is 0 Å². The molecular weight excluding hydrogens is 213 g/mol. The second-order valence-electron chi connectivity index (χ2n) is 6.52. The molecule has 2 rings (SSSR count). The maximum atomic E-state index is 13.3. The highest BCUT2D eigenvalue weighted by Gasteiger charge is 2.41. The average molecular weight is 235 g/mol. The van der Waals surface area contributed by atoms with Crippen LogP contribution in [0.15, 0.2) is 24.3 Å². The lowest BCUT2D eigenvalue weighted by Crippen LogP contribution is -2.46. The SMILES string of the molecule is CC1CC(C)(C)CC(N)(c2cccc(F)c2)C1. The fourth-order valence-corrected chi connectivity index (χ4v) is 3.65. The molecule has 0 heterocycles. The summed E-state index contributed by atoms with van der Waals surface area (Å²) in [5, 5.41) is 0. The van der Waals surface area contributed by atoms with Crippen LogP contribution >= 0.6 is 0 Å². The first-order valence-corrected chi connectivity index (χ1v) is 6.36. The molecule has 94 valence electrons. The molecular formula is C15H22FN. The Balaban J connectivity index is 2.35. The fourth-order valence-electron chi connectivity index (χ4n) is 3.65. The predicted molar refractivity (Wildman–Crippen MR) is 69.1 cm³/mol. The van der Waals surface area contributed by atoms with Gasteiger partial charge in [-0.2, -0.15) is 0 Å². The normalized spacial score (nSPS) is 32.4. The molecule has 2 N–H and O–H groups in total. The van der Waals surface area contributed by atoms with Gasteiger partial charge in [0.15, 0.2) is 0 Å². The molecule has 17 heavy (non-hydrogen) atoms. The van der Waals surface area contributed by atoms with Crippen molar-refractivity contribution in [3.05, 3.63) is 35.6 Å². The van der Waals surface area contributed by atoms with E-state index in [1.807, 2.05) is 6.07 Å². The van der Waals surface area contributed by atoms with Crippen LogP contribution in [0.3, 0.4) is 0 Å². The van der Waals surface area contributed by atoms with Crippen LogP contribution in [-0.4, -0.2) is 0 Å². The summed E-state index contributed by atoms with van der Waals surface area (Å²) in [7, 11) is 0. The minimum absolute atomic E-state index is 0.191. The van der Waals surface area contributed by atoms with Crippen LogP contribution < -0.4 is 5.73 Å². The third-order valence-electron chi connectivity index (χ3n) is 3.81. The first kappa shape index (κ1) is 12.6. The summed E-state index contributed by atoms with van der Waals surface area (Å²) in [6.07, 6.45) is 3.06. The molecule has 0 spiro atoms. The predicted octanol–water partition coefficient (Wildman–Crippen LogP) is 3.83. The van der Waals surface area contributed by atoms with Gasteiger partial charge in [0, 0.05) is 5.54 Å². The zero-order valence-electron chi connectivity index (χ0n) is 11.0. The van der Waals surface area contributed by atoms with E-state index in [9.17, 15) is 4.39 Å². The third kappa shape index (κ3) is 2.68. The van der Waals surface area contributed by atoms with Crippen molar-refractivity contribution >= 4 is 0 Å². The van der Waals surface area contributed by atoms with Crippen molar-refractivity contribution in [1.82, 2.24) is 0 Å². The quantitative estimate of drug-likeness (QED) is 0.786. The highest BCUT2D eigenvalue weighted by molar-refractivity contribution is 5.26. The van der Waals surface area contributed by atoms with E-state index in [1.165, 1.54) is 12.5 Å². The summed E-state index contributed by atoms with van der Waals surface area (Å²) in [6.45, 7) is 6.74. The van der Waals surface area contributed by atoms with Crippen LogP contribution in [0.25, 0.3) is 0 Å². The maximum Gasteiger partial charge on any atom is 0.123 e. The van der Waals surface area contributed by atoms with Gasteiger partial charge >= 0.3 is 0 Å². The molecule has 1 aromatic rings. The number of nitrogens with two attached hydrogens (primary N) is 1. The molecule has 2 unspecified atom stereocenters. The van der Waals surface area contributed by atoms with Gasteiger partial charge in [0.25, 0.3) is 0 Å². The van der Waals surface area contributed by atoms with Gasteiger partial charge < -0.3 is 5.73 Å². The molecule has 0 amide bonds. The van der Waals surface area contributed by atoms with Crippen molar-refractivity contribution in [2.24, 2.45) is 17.1 Å². The Morgan fingerprint density at radius 1 is 1.29 bits per heavy atom. The van der Waals surface area contributed by atoms with E-state index in [-0.39, 0.29) is 16.8 Å². The van der Waals surface area contributed by atoms with Gasteiger partial charge in [0.2, 0.25) is 0 Å². The lowest BCUT2D eigenvalue weighted by molar-refractivity contribution is 0.107. The number of rotatable bonds is 1. The number of benzene rings is 1. The minimum Gasteiger partial charge on any atom is -0.321 e. The lowest BCUT2D eigenvalue weighted by atomic mass is 9.62. The Morgan fingerprint density at radius 3 is 2.59 bits per heavy atom. The molecule has 2 atom stereocenters. The molecule has 1 nitrogen and oxygen atoms in total. The van der Waals surface area contributed by atoms with Crippen molar-refractivity contribution in [2.45, 2.75) is 45.6 Å². The van der Waals surface area contributed by atoms with Gasteiger partial charge in [-0.1, -0.05) is 32.9 Å². The molecule has 1 aromatic carbocycles. The van der Waals surface area contributed by atoms with Gasteiger partial charge in [0.05, 0.1) is 0 Å². The Morgan fingerprint density at radius 2 is 2.00 bits per heavy atom. The molecule has 0 bridgehead atoms. The summed E-state index contributed by atoms with van der Waals surface area (Å²) in [5.41, 5.74) is 7.35. The molecule has 0 aromatic heterocycles. The summed E-state index contributed by atoms with van der Waals surface area (Å²) >= 11 is 0. The molecule has 0 saturated heterocycles. The highest BCUT2D eigenvalue weighted by atomic mass is 19.1. The second kappa shape index (κ2) is 4.09. The Labute approximate surface area is 103 Å². The first-order chi connectivity index (χ1) is 7.81. The third-order valence-corrected chi connectivity index (χ3v) is 3.81. The van der Waals surface area contributed by atoms with Crippen LogP contribution in [0.5, 0.6) is 0 Å².